The minimum atomic E-state index is -1.45. The van der Waals surface area contributed by atoms with Crippen molar-refractivity contribution in [2.75, 3.05) is 0 Å². The van der Waals surface area contributed by atoms with Crippen LogP contribution in [-0.4, -0.2) is 17.2 Å². The summed E-state index contributed by atoms with van der Waals surface area (Å²) in [6.45, 7) is 0. The molecule has 0 radical (unpaired) electrons. The Morgan fingerprint density at radius 2 is 1.50 bits per heavy atom. The zero-order valence-corrected chi connectivity index (χ0v) is 9.22. The number of rotatable bonds is 2. The third-order valence-electron chi connectivity index (χ3n) is 2.34. The van der Waals surface area contributed by atoms with E-state index in [4.69, 9.17) is 21.6 Å². The van der Waals surface area contributed by atoms with Gasteiger partial charge < -0.3 is 10.0 Å². The summed E-state index contributed by atoms with van der Waals surface area (Å²) in [7, 11) is -1.45. The first kappa shape index (κ1) is 11.2. The van der Waals surface area contributed by atoms with Crippen LogP contribution in [0.1, 0.15) is 0 Å². The fraction of sp³-hybridized carbons (Fsp3) is 0. The molecule has 2 N–H and O–H groups in total. The molecule has 2 nitrogen and oxygen atoms in total. The van der Waals surface area contributed by atoms with Crippen LogP contribution in [0.4, 0.5) is 0 Å². The van der Waals surface area contributed by atoms with Crippen LogP contribution in [0.3, 0.4) is 0 Å². The van der Waals surface area contributed by atoms with E-state index in [-0.39, 0.29) is 0 Å². The predicted octanol–water partition coefficient (Wildman–Crippen LogP) is 1.69. The fourth-order valence-corrected chi connectivity index (χ4v) is 1.74. The van der Waals surface area contributed by atoms with Gasteiger partial charge in [-0.05, 0) is 28.7 Å². The van der Waals surface area contributed by atoms with Crippen molar-refractivity contribution in [1.29, 1.82) is 0 Å². The second kappa shape index (κ2) is 4.70. The third-order valence-corrected chi connectivity index (χ3v) is 2.58. The Kier molecular flexibility index (Phi) is 3.29. The molecule has 0 bridgehead atoms. The predicted molar refractivity (Wildman–Crippen MR) is 66.7 cm³/mol. The van der Waals surface area contributed by atoms with E-state index in [1.54, 1.807) is 24.3 Å². The smallest absolute Gasteiger partial charge is 0.423 e. The third kappa shape index (κ3) is 2.45. The minimum Gasteiger partial charge on any atom is -0.423 e. The van der Waals surface area contributed by atoms with Gasteiger partial charge >= 0.3 is 7.12 Å². The SMILES string of the molecule is OB(O)c1cccc(-c2cccc(Cl)c2)c1. The summed E-state index contributed by atoms with van der Waals surface area (Å²) >= 11 is 5.90. The van der Waals surface area contributed by atoms with Crippen LogP contribution >= 0.6 is 11.6 Å². The van der Waals surface area contributed by atoms with E-state index in [0.29, 0.717) is 10.5 Å². The van der Waals surface area contributed by atoms with Gasteiger partial charge in [-0.1, -0.05) is 48.0 Å². The zero-order chi connectivity index (χ0) is 11.5. The molecular weight excluding hydrogens is 222 g/mol. The molecule has 0 spiro atoms. The summed E-state index contributed by atoms with van der Waals surface area (Å²) in [5, 5.41) is 18.8. The quantitative estimate of drug-likeness (QED) is 0.774. The van der Waals surface area contributed by atoms with Crippen molar-refractivity contribution < 1.29 is 10.0 Å². The maximum atomic E-state index is 9.08. The van der Waals surface area contributed by atoms with Crippen molar-refractivity contribution in [1.82, 2.24) is 0 Å². The standard InChI is InChI=1S/C12H10BClO2/c14-12-6-2-4-10(8-12)9-3-1-5-11(7-9)13(15)16/h1-8,15-16H. The second-order valence-electron chi connectivity index (χ2n) is 3.51. The normalized spacial score (nSPS) is 10.2. The highest BCUT2D eigenvalue weighted by Crippen LogP contribution is 2.21. The first-order valence-electron chi connectivity index (χ1n) is 4.89. The van der Waals surface area contributed by atoms with Gasteiger partial charge in [-0.25, -0.2) is 0 Å². The van der Waals surface area contributed by atoms with Gasteiger partial charge in [-0.3, -0.25) is 0 Å². The van der Waals surface area contributed by atoms with Crippen molar-refractivity contribution >= 4 is 24.2 Å². The average Bonchev–Trinajstić information content (AvgIpc) is 2.29. The van der Waals surface area contributed by atoms with Gasteiger partial charge in [0.2, 0.25) is 0 Å². The topological polar surface area (TPSA) is 40.5 Å². The van der Waals surface area contributed by atoms with Crippen molar-refractivity contribution in [3.63, 3.8) is 0 Å². The highest BCUT2D eigenvalue weighted by Gasteiger charge is 2.11. The molecule has 0 aliphatic carbocycles. The molecule has 0 atom stereocenters. The van der Waals surface area contributed by atoms with E-state index in [1.165, 1.54) is 0 Å². The zero-order valence-electron chi connectivity index (χ0n) is 8.47. The summed E-state index contributed by atoms with van der Waals surface area (Å²) in [5.41, 5.74) is 2.33. The van der Waals surface area contributed by atoms with Gasteiger partial charge in [0, 0.05) is 5.02 Å². The number of hydrogen-bond donors (Lipinski definition) is 2. The fourth-order valence-electron chi connectivity index (χ4n) is 1.55. The van der Waals surface area contributed by atoms with E-state index < -0.39 is 7.12 Å². The molecule has 0 amide bonds. The lowest BCUT2D eigenvalue weighted by Gasteiger charge is -2.05. The minimum absolute atomic E-state index is 0.470. The van der Waals surface area contributed by atoms with E-state index in [1.807, 2.05) is 24.3 Å². The lowest BCUT2D eigenvalue weighted by molar-refractivity contribution is 0.426. The molecule has 0 saturated carbocycles. The van der Waals surface area contributed by atoms with Crippen molar-refractivity contribution in [3.8, 4) is 11.1 Å². The molecule has 0 aliphatic rings. The van der Waals surface area contributed by atoms with E-state index >= 15 is 0 Å². The Balaban J connectivity index is 2.44. The van der Waals surface area contributed by atoms with Crippen LogP contribution < -0.4 is 5.46 Å². The Bertz CT molecular complexity index is 500. The largest absolute Gasteiger partial charge is 0.488 e. The monoisotopic (exact) mass is 232 g/mol. The molecule has 2 rings (SSSR count). The molecular formula is C12H10BClO2. The molecule has 4 heteroatoms. The highest BCUT2D eigenvalue weighted by atomic mass is 35.5. The van der Waals surface area contributed by atoms with E-state index in [0.717, 1.165) is 11.1 Å². The Morgan fingerprint density at radius 1 is 0.875 bits per heavy atom. The molecule has 0 fully saturated rings. The maximum Gasteiger partial charge on any atom is 0.488 e. The molecule has 2 aromatic carbocycles. The van der Waals surface area contributed by atoms with Crippen LogP contribution in [0.2, 0.25) is 5.02 Å². The van der Waals surface area contributed by atoms with Crippen molar-refractivity contribution in [2.24, 2.45) is 0 Å². The van der Waals surface area contributed by atoms with Crippen molar-refractivity contribution in [3.05, 3.63) is 53.6 Å². The second-order valence-corrected chi connectivity index (χ2v) is 3.95. The molecule has 16 heavy (non-hydrogen) atoms. The summed E-state index contributed by atoms with van der Waals surface area (Å²) < 4.78 is 0. The van der Waals surface area contributed by atoms with Crippen LogP contribution in [-0.2, 0) is 0 Å². The average molecular weight is 232 g/mol. The first-order valence-corrected chi connectivity index (χ1v) is 5.26. The van der Waals surface area contributed by atoms with E-state index in [9.17, 15) is 0 Å². The van der Waals surface area contributed by atoms with Crippen LogP contribution in [0.25, 0.3) is 11.1 Å². The number of hydrogen-bond acceptors (Lipinski definition) is 2. The summed E-state index contributed by atoms with van der Waals surface area (Å²) in [6.07, 6.45) is 0. The molecule has 0 aromatic heterocycles. The van der Waals surface area contributed by atoms with Crippen molar-refractivity contribution in [2.45, 2.75) is 0 Å². The molecule has 0 unspecified atom stereocenters. The number of benzene rings is 2. The molecule has 0 saturated heterocycles. The Labute approximate surface area is 99.3 Å². The van der Waals surface area contributed by atoms with Crippen LogP contribution in [0.5, 0.6) is 0 Å². The summed E-state index contributed by atoms with van der Waals surface area (Å²) in [4.78, 5) is 0. The van der Waals surface area contributed by atoms with Gasteiger partial charge in [-0.15, -0.1) is 0 Å². The first-order chi connectivity index (χ1) is 7.66. The van der Waals surface area contributed by atoms with Crippen LogP contribution in [0, 0.1) is 0 Å². The Morgan fingerprint density at radius 3 is 2.12 bits per heavy atom. The highest BCUT2D eigenvalue weighted by molar-refractivity contribution is 6.58. The van der Waals surface area contributed by atoms with Gasteiger partial charge in [0.1, 0.15) is 0 Å². The maximum absolute atomic E-state index is 9.08. The van der Waals surface area contributed by atoms with Gasteiger partial charge in [0.15, 0.2) is 0 Å². The summed E-state index contributed by atoms with van der Waals surface area (Å²) in [6, 6.07) is 14.5. The molecule has 2 aromatic rings. The Hall–Kier alpha value is -1.29. The van der Waals surface area contributed by atoms with Gasteiger partial charge in [0.25, 0.3) is 0 Å². The van der Waals surface area contributed by atoms with Gasteiger partial charge in [0.05, 0.1) is 0 Å². The van der Waals surface area contributed by atoms with Crippen LogP contribution in [0.15, 0.2) is 48.5 Å². The molecule has 80 valence electrons. The molecule has 0 heterocycles. The van der Waals surface area contributed by atoms with E-state index in [2.05, 4.69) is 0 Å². The molecule has 0 aliphatic heterocycles. The number of halogens is 1. The lowest BCUT2D eigenvalue weighted by Crippen LogP contribution is -2.29. The lowest BCUT2D eigenvalue weighted by atomic mass is 9.79. The van der Waals surface area contributed by atoms with Gasteiger partial charge in [-0.2, -0.15) is 0 Å². The summed E-state index contributed by atoms with van der Waals surface area (Å²) in [5.74, 6) is 0.